The maximum Gasteiger partial charge on any atom is 0.259 e. The fraction of sp³-hybridized carbons (Fsp3) is 0.0909. The van der Waals surface area contributed by atoms with Gasteiger partial charge in [-0.1, -0.05) is 28.1 Å². The number of nitrogens with one attached hydrogen (secondary N) is 2. The molecule has 8 heteroatoms. The summed E-state index contributed by atoms with van der Waals surface area (Å²) in [6, 6.07) is 19.2. The third kappa shape index (κ3) is 6.96. The first-order valence-corrected chi connectivity index (χ1v) is 10.6. The van der Waals surface area contributed by atoms with E-state index in [1.54, 1.807) is 18.3 Å². The largest absolute Gasteiger partial charge is 0.488 e. The molecule has 0 saturated carbocycles. The summed E-state index contributed by atoms with van der Waals surface area (Å²) in [5.41, 5.74) is 4.95. The van der Waals surface area contributed by atoms with Gasteiger partial charge in [-0.25, -0.2) is 9.82 Å². The number of rotatable bonds is 8. The molecule has 1 amide bonds. The van der Waals surface area contributed by atoms with Crippen molar-refractivity contribution in [3.05, 3.63) is 92.6 Å². The molecule has 0 atom stereocenters. The Morgan fingerprint density at radius 3 is 2.47 bits per heavy atom. The third-order valence-electron chi connectivity index (χ3n) is 3.96. The normalized spacial score (nSPS) is 10.8. The molecule has 0 heterocycles. The first kappa shape index (κ1) is 22.0. The standard InChI is InChI=1S/C22H18Br2FN3O2/c23-17-4-1-15(2-5-17)14-30-21-10-3-16(11-20(21)24)12-27-28-22(29)13-26-19-8-6-18(25)7-9-19/h1-12,26H,13-14H2,(H,28,29)/b27-12-. The van der Waals surface area contributed by atoms with Crippen LogP contribution in [-0.2, 0) is 11.4 Å². The molecule has 3 rings (SSSR count). The van der Waals surface area contributed by atoms with E-state index in [2.05, 4.69) is 47.7 Å². The topological polar surface area (TPSA) is 62.7 Å². The van der Waals surface area contributed by atoms with Gasteiger partial charge in [0.05, 0.1) is 17.2 Å². The molecule has 30 heavy (non-hydrogen) atoms. The van der Waals surface area contributed by atoms with Gasteiger partial charge in [-0.05, 0) is 81.7 Å². The quantitative estimate of drug-likeness (QED) is 0.296. The summed E-state index contributed by atoms with van der Waals surface area (Å²) in [5, 5.41) is 6.84. The molecule has 0 fully saturated rings. The van der Waals surface area contributed by atoms with Crippen LogP contribution in [0.1, 0.15) is 11.1 Å². The number of amides is 1. The summed E-state index contributed by atoms with van der Waals surface area (Å²) >= 11 is 6.90. The van der Waals surface area contributed by atoms with Gasteiger partial charge in [0.1, 0.15) is 18.2 Å². The predicted molar refractivity (Wildman–Crippen MR) is 123 cm³/mol. The number of carbonyl (C=O) groups is 1. The van der Waals surface area contributed by atoms with Crippen LogP contribution in [0.15, 0.2) is 80.8 Å². The summed E-state index contributed by atoms with van der Waals surface area (Å²) in [5.74, 6) is 0.0668. The van der Waals surface area contributed by atoms with Gasteiger partial charge in [-0.15, -0.1) is 0 Å². The van der Waals surface area contributed by atoms with Crippen LogP contribution in [0.25, 0.3) is 0 Å². The molecule has 0 unspecified atom stereocenters. The second-order valence-electron chi connectivity index (χ2n) is 6.26. The van der Waals surface area contributed by atoms with Crippen molar-refractivity contribution in [1.82, 2.24) is 5.43 Å². The molecule has 0 aromatic heterocycles. The lowest BCUT2D eigenvalue weighted by atomic mass is 10.2. The van der Waals surface area contributed by atoms with Crippen LogP contribution in [0, 0.1) is 5.82 Å². The van der Waals surface area contributed by atoms with Gasteiger partial charge in [0, 0.05) is 10.2 Å². The number of ether oxygens (including phenoxy) is 1. The van der Waals surface area contributed by atoms with E-state index in [1.165, 1.54) is 12.1 Å². The Balaban J connectivity index is 1.47. The number of halogens is 3. The number of hydrogen-bond acceptors (Lipinski definition) is 4. The molecule has 0 spiro atoms. The molecular formula is C22H18Br2FN3O2. The predicted octanol–water partition coefficient (Wildman–Crippen LogP) is 5.49. The van der Waals surface area contributed by atoms with E-state index in [1.807, 2.05) is 42.5 Å². The molecule has 0 aliphatic carbocycles. The molecule has 0 bridgehead atoms. The van der Waals surface area contributed by atoms with Crippen molar-refractivity contribution in [2.24, 2.45) is 5.10 Å². The zero-order valence-corrected chi connectivity index (χ0v) is 18.9. The molecule has 2 N–H and O–H groups in total. The van der Waals surface area contributed by atoms with Crippen LogP contribution in [0.3, 0.4) is 0 Å². The number of nitrogens with zero attached hydrogens (tertiary/aromatic N) is 1. The van der Waals surface area contributed by atoms with Crippen molar-refractivity contribution in [2.45, 2.75) is 6.61 Å². The van der Waals surface area contributed by atoms with Crippen molar-refractivity contribution >= 4 is 49.7 Å². The number of benzene rings is 3. The molecular weight excluding hydrogens is 517 g/mol. The Bertz CT molecular complexity index is 1030. The summed E-state index contributed by atoms with van der Waals surface area (Å²) < 4.78 is 20.5. The zero-order chi connectivity index (χ0) is 21.3. The highest BCUT2D eigenvalue weighted by molar-refractivity contribution is 9.10. The molecule has 0 aliphatic rings. The van der Waals surface area contributed by atoms with E-state index >= 15 is 0 Å². The smallest absolute Gasteiger partial charge is 0.259 e. The summed E-state index contributed by atoms with van der Waals surface area (Å²) in [4.78, 5) is 11.8. The molecule has 5 nitrogen and oxygen atoms in total. The van der Waals surface area contributed by atoms with Gasteiger partial charge in [0.2, 0.25) is 0 Å². The minimum absolute atomic E-state index is 0.0233. The van der Waals surface area contributed by atoms with Crippen molar-refractivity contribution in [3.8, 4) is 5.75 Å². The summed E-state index contributed by atoms with van der Waals surface area (Å²) in [6.07, 6.45) is 1.54. The van der Waals surface area contributed by atoms with Gasteiger partial charge in [0.15, 0.2) is 0 Å². The maximum atomic E-state index is 12.9. The highest BCUT2D eigenvalue weighted by Crippen LogP contribution is 2.26. The Morgan fingerprint density at radius 2 is 1.77 bits per heavy atom. The number of carbonyl (C=O) groups excluding carboxylic acids is 1. The average Bonchev–Trinajstić information content (AvgIpc) is 2.74. The van der Waals surface area contributed by atoms with Gasteiger partial charge in [-0.2, -0.15) is 5.10 Å². The summed E-state index contributed by atoms with van der Waals surface area (Å²) in [7, 11) is 0. The van der Waals surface area contributed by atoms with Gasteiger partial charge in [-0.3, -0.25) is 4.79 Å². The van der Waals surface area contributed by atoms with Gasteiger partial charge >= 0.3 is 0 Å². The first-order chi connectivity index (χ1) is 14.5. The average molecular weight is 535 g/mol. The van der Waals surface area contributed by atoms with Crippen molar-refractivity contribution < 1.29 is 13.9 Å². The van der Waals surface area contributed by atoms with Crippen LogP contribution < -0.4 is 15.5 Å². The minimum atomic E-state index is -0.328. The van der Waals surface area contributed by atoms with Crippen LogP contribution in [0.2, 0.25) is 0 Å². The van der Waals surface area contributed by atoms with Crippen LogP contribution in [0.5, 0.6) is 5.75 Å². The fourth-order valence-corrected chi connectivity index (χ4v) is 3.20. The zero-order valence-electron chi connectivity index (χ0n) is 15.7. The van der Waals surface area contributed by atoms with Crippen LogP contribution in [0.4, 0.5) is 10.1 Å². The number of hydrogen-bond donors (Lipinski definition) is 2. The molecule has 0 radical (unpaired) electrons. The highest BCUT2D eigenvalue weighted by atomic mass is 79.9. The van der Waals surface area contributed by atoms with E-state index in [0.717, 1.165) is 20.1 Å². The molecule has 0 aliphatic heterocycles. The van der Waals surface area contributed by atoms with Crippen LogP contribution >= 0.6 is 31.9 Å². The van der Waals surface area contributed by atoms with Crippen molar-refractivity contribution in [2.75, 3.05) is 11.9 Å². The third-order valence-corrected chi connectivity index (χ3v) is 5.11. The van der Waals surface area contributed by atoms with E-state index in [4.69, 9.17) is 4.74 Å². The van der Waals surface area contributed by atoms with Crippen molar-refractivity contribution in [1.29, 1.82) is 0 Å². The lowest BCUT2D eigenvalue weighted by Crippen LogP contribution is -2.25. The summed E-state index contributed by atoms with van der Waals surface area (Å²) in [6.45, 7) is 0.478. The Kier molecular flexibility index (Phi) is 7.98. The van der Waals surface area contributed by atoms with Gasteiger partial charge < -0.3 is 10.1 Å². The Morgan fingerprint density at radius 1 is 1.03 bits per heavy atom. The maximum absolute atomic E-state index is 12.9. The van der Waals surface area contributed by atoms with Gasteiger partial charge in [0.25, 0.3) is 5.91 Å². The highest BCUT2D eigenvalue weighted by Gasteiger charge is 2.04. The van der Waals surface area contributed by atoms with E-state index < -0.39 is 0 Å². The van der Waals surface area contributed by atoms with E-state index in [-0.39, 0.29) is 18.3 Å². The SMILES string of the molecule is O=C(CNc1ccc(F)cc1)N/N=C\c1ccc(OCc2ccc(Br)cc2)c(Br)c1. The lowest BCUT2D eigenvalue weighted by Gasteiger charge is -2.09. The van der Waals surface area contributed by atoms with Crippen molar-refractivity contribution in [3.63, 3.8) is 0 Å². The first-order valence-electron chi connectivity index (χ1n) is 8.98. The fourth-order valence-electron chi connectivity index (χ4n) is 2.42. The monoisotopic (exact) mass is 533 g/mol. The molecule has 154 valence electrons. The molecule has 3 aromatic carbocycles. The van der Waals surface area contributed by atoms with E-state index in [9.17, 15) is 9.18 Å². The van der Waals surface area contributed by atoms with E-state index in [0.29, 0.717) is 18.0 Å². The Labute approximate surface area is 190 Å². The van der Waals surface area contributed by atoms with Crippen LogP contribution in [-0.4, -0.2) is 18.7 Å². The number of hydrazone groups is 1. The lowest BCUT2D eigenvalue weighted by molar-refractivity contribution is -0.119. The number of anilines is 1. The molecule has 3 aromatic rings. The molecule has 0 saturated heterocycles. The second-order valence-corrected chi connectivity index (χ2v) is 8.03. The minimum Gasteiger partial charge on any atom is -0.488 e. The Hall–Kier alpha value is -2.71. The second kappa shape index (κ2) is 10.9.